The fraction of sp³-hybridized carbons (Fsp3) is 0.533. The first-order chi connectivity index (χ1) is 8.76. The highest BCUT2D eigenvalue weighted by Gasteiger charge is 2.10. The molecule has 98 valence electrons. The number of fused-ring (bicyclic) bond motifs is 1. The molecule has 0 amide bonds. The molecule has 0 saturated carbocycles. The molecule has 0 aliphatic carbocycles. The Morgan fingerprint density at radius 2 is 2.06 bits per heavy atom. The number of nitrogens with zero attached hydrogens (tertiary/aromatic N) is 2. The molecule has 3 nitrogen and oxygen atoms in total. The average molecular weight is 245 g/mol. The van der Waals surface area contributed by atoms with E-state index in [1.807, 2.05) is 0 Å². The number of rotatable bonds is 6. The van der Waals surface area contributed by atoms with E-state index >= 15 is 0 Å². The lowest BCUT2D eigenvalue weighted by atomic mass is 10.0. The van der Waals surface area contributed by atoms with Gasteiger partial charge in [0.2, 0.25) is 0 Å². The third-order valence-electron chi connectivity index (χ3n) is 3.57. The highest BCUT2D eigenvalue weighted by Crippen LogP contribution is 2.18. The van der Waals surface area contributed by atoms with Gasteiger partial charge in [0.25, 0.3) is 0 Å². The van der Waals surface area contributed by atoms with Gasteiger partial charge in [-0.05, 0) is 44.4 Å². The smallest absolute Gasteiger partial charge is 0.109 e. The summed E-state index contributed by atoms with van der Waals surface area (Å²) in [5.74, 6) is 1.89. The molecule has 1 aromatic heterocycles. The lowest BCUT2D eigenvalue weighted by Gasteiger charge is -2.10. The van der Waals surface area contributed by atoms with E-state index in [0.29, 0.717) is 5.92 Å². The molecule has 3 heteroatoms. The van der Waals surface area contributed by atoms with Crippen LogP contribution in [0.4, 0.5) is 0 Å². The van der Waals surface area contributed by atoms with Crippen molar-refractivity contribution < 1.29 is 0 Å². The standard InChI is InChI=1S/C15H23N3/c1-3-18-14-7-5-4-6-13(14)17-15(18)9-8-12(2)10-11-16/h4-7,12H,3,8-11,16H2,1-2H3. The minimum absolute atomic E-state index is 0.681. The molecular weight excluding hydrogens is 222 g/mol. The summed E-state index contributed by atoms with van der Waals surface area (Å²) in [4.78, 5) is 4.75. The van der Waals surface area contributed by atoms with Crippen molar-refractivity contribution in [1.29, 1.82) is 0 Å². The van der Waals surface area contributed by atoms with Gasteiger partial charge in [0.1, 0.15) is 5.82 Å². The number of imidazole rings is 1. The van der Waals surface area contributed by atoms with Crippen LogP contribution in [0.1, 0.15) is 32.5 Å². The molecule has 1 heterocycles. The summed E-state index contributed by atoms with van der Waals surface area (Å²) in [6, 6.07) is 8.38. The van der Waals surface area contributed by atoms with Gasteiger partial charge in [-0.15, -0.1) is 0 Å². The monoisotopic (exact) mass is 245 g/mol. The van der Waals surface area contributed by atoms with Crippen LogP contribution in [0.2, 0.25) is 0 Å². The van der Waals surface area contributed by atoms with Gasteiger partial charge in [0.15, 0.2) is 0 Å². The van der Waals surface area contributed by atoms with Crippen molar-refractivity contribution in [3.63, 3.8) is 0 Å². The maximum Gasteiger partial charge on any atom is 0.109 e. The van der Waals surface area contributed by atoms with E-state index in [1.165, 1.54) is 17.8 Å². The zero-order chi connectivity index (χ0) is 13.0. The Morgan fingerprint density at radius 3 is 2.78 bits per heavy atom. The van der Waals surface area contributed by atoms with Gasteiger partial charge in [0.05, 0.1) is 11.0 Å². The average Bonchev–Trinajstić information content (AvgIpc) is 2.74. The number of benzene rings is 1. The summed E-state index contributed by atoms with van der Waals surface area (Å²) in [5, 5.41) is 0. The Kier molecular flexibility index (Phi) is 4.37. The molecule has 1 aromatic carbocycles. The van der Waals surface area contributed by atoms with Gasteiger partial charge in [-0.2, -0.15) is 0 Å². The van der Waals surface area contributed by atoms with Crippen LogP contribution in [-0.2, 0) is 13.0 Å². The molecule has 0 spiro atoms. The molecule has 18 heavy (non-hydrogen) atoms. The first kappa shape index (κ1) is 13.1. The summed E-state index contributed by atoms with van der Waals surface area (Å²) >= 11 is 0. The van der Waals surface area contributed by atoms with Crippen molar-refractivity contribution >= 4 is 11.0 Å². The van der Waals surface area contributed by atoms with Crippen molar-refractivity contribution in [2.75, 3.05) is 6.54 Å². The van der Waals surface area contributed by atoms with Crippen LogP contribution in [0.3, 0.4) is 0 Å². The minimum Gasteiger partial charge on any atom is -0.330 e. The zero-order valence-electron chi connectivity index (χ0n) is 11.4. The van der Waals surface area contributed by atoms with Gasteiger partial charge in [-0.1, -0.05) is 19.1 Å². The van der Waals surface area contributed by atoms with Gasteiger partial charge in [0, 0.05) is 13.0 Å². The normalized spacial score (nSPS) is 13.1. The molecule has 0 bridgehead atoms. The molecular formula is C15H23N3. The number of aromatic nitrogens is 2. The first-order valence-corrected chi connectivity index (χ1v) is 6.90. The quantitative estimate of drug-likeness (QED) is 0.850. The van der Waals surface area contributed by atoms with Crippen LogP contribution in [0, 0.1) is 5.92 Å². The van der Waals surface area contributed by atoms with Crippen molar-refractivity contribution in [2.45, 2.75) is 39.7 Å². The Hall–Kier alpha value is -1.35. The second-order valence-electron chi connectivity index (χ2n) is 4.98. The summed E-state index contributed by atoms with van der Waals surface area (Å²) in [7, 11) is 0. The summed E-state index contributed by atoms with van der Waals surface area (Å²) in [5.41, 5.74) is 7.96. The molecule has 2 aromatic rings. The number of nitrogens with two attached hydrogens (primary N) is 1. The lowest BCUT2D eigenvalue weighted by molar-refractivity contribution is 0.488. The summed E-state index contributed by atoms with van der Waals surface area (Å²) < 4.78 is 2.32. The SMILES string of the molecule is CCn1c(CCC(C)CCN)nc2ccccc21. The number of hydrogen-bond acceptors (Lipinski definition) is 2. The second-order valence-corrected chi connectivity index (χ2v) is 4.98. The largest absolute Gasteiger partial charge is 0.330 e. The summed E-state index contributed by atoms with van der Waals surface area (Å²) in [6.45, 7) is 6.22. The molecule has 0 saturated heterocycles. The molecule has 2 rings (SSSR count). The van der Waals surface area contributed by atoms with Crippen molar-refractivity contribution in [1.82, 2.24) is 9.55 Å². The van der Waals surface area contributed by atoms with Crippen LogP contribution in [0.5, 0.6) is 0 Å². The van der Waals surface area contributed by atoms with Gasteiger partial charge in [-0.3, -0.25) is 0 Å². The highest BCUT2D eigenvalue weighted by molar-refractivity contribution is 5.75. The van der Waals surface area contributed by atoms with Crippen LogP contribution < -0.4 is 5.73 Å². The minimum atomic E-state index is 0.681. The molecule has 0 fully saturated rings. The predicted octanol–water partition coefficient (Wildman–Crippen LogP) is 2.97. The van der Waals surface area contributed by atoms with Crippen LogP contribution in [0.25, 0.3) is 11.0 Å². The van der Waals surface area contributed by atoms with E-state index in [-0.39, 0.29) is 0 Å². The molecule has 0 aliphatic heterocycles. The molecule has 1 atom stereocenters. The summed E-state index contributed by atoms with van der Waals surface area (Å²) in [6.07, 6.45) is 3.32. The molecule has 0 aliphatic rings. The maximum absolute atomic E-state index is 5.59. The van der Waals surface area contributed by atoms with Crippen molar-refractivity contribution in [3.8, 4) is 0 Å². The molecule has 2 N–H and O–H groups in total. The Bertz CT molecular complexity index is 501. The van der Waals surface area contributed by atoms with Crippen molar-refractivity contribution in [2.24, 2.45) is 11.7 Å². The van der Waals surface area contributed by atoms with E-state index in [0.717, 1.165) is 31.4 Å². The maximum atomic E-state index is 5.59. The van der Waals surface area contributed by atoms with Crippen LogP contribution >= 0.6 is 0 Å². The molecule has 1 unspecified atom stereocenters. The number of para-hydroxylation sites is 2. The Balaban J connectivity index is 2.17. The van der Waals surface area contributed by atoms with Gasteiger partial charge < -0.3 is 10.3 Å². The van der Waals surface area contributed by atoms with Crippen LogP contribution in [0.15, 0.2) is 24.3 Å². The Labute approximate surface area is 109 Å². The Morgan fingerprint density at radius 1 is 1.28 bits per heavy atom. The van der Waals surface area contributed by atoms with E-state index < -0.39 is 0 Å². The third-order valence-corrected chi connectivity index (χ3v) is 3.57. The topological polar surface area (TPSA) is 43.8 Å². The third kappa shape index (κ3) is 2.72. The van der Waals surface area contributed by atoms with Gasteiger partial charge in [-0.25, -0.2) is 4.98 Å². The van der Waals surface area contributed by atoms with E-state index in [4.69, 9.17) is 10.7 Å². The number of hydrogen-bond donors (Lipinski definition) is 1. The second kappa shape index (κ2) is 6.01. The zero-order valence-corrected chi connectivity index (χ0v) is 11.4. The van der Waals surface area contributed by atoms with Gasteiger partial charge >= 0.3 is 0 Å². The first-order valence-electron chi connectivity index (χ1n) is 6.90. The lowest BCUT2D eigenvalue weighted by Crippen LogP contribution is -2.08. The van der Waals surface area contributed by atoms with Crippen molar-refractivity contribution in [3.05, 3.63) is 30.1 Å². The fourth-order valence-corrected chi connectivity index (χ4v) is 2.47. The number of aryl methyl sites for hydroxylation is 2. The fourth-order valence-electron chi connectivity index (χ4n) is 2.47. The van der Waals surface area contributed by atoms with E-state index in [9.17, 15) is 0 Å². The van der Waals surface area contributed by atoms with E-state index in [2.05, 4.69) is 42.7 Å². The highest BCUT2D eigenvalue weighted by atomic mass is 15.1. The van der Waals surface area contributed by atoms with Crippen LogP contribution in [-0.4, -0.2) is 16.1 Å². The van der Waals surface area contributed by atoms with E-state index in [1.54, 1.807) is 0 Å². The molecule has 0 radical (unpaired) electrons. The predicted molar refractivity (Wildman–Crippen MR) is 76.6 cm³/mol.